The van der Waals surface area contributed by atoms with Crippen LogP contribution in [0.5, 0.6) is 11.5 Å². The number of nitrogens with zero attached hydrogens (tertiary/aromatic N) is 1. The van der Waals surface area contributed by atoms with E-state index in [-0.39, 0.29) is 18.0 Å². The van der Waals surface area contributed by atoms with E-state index in [1.54, 1.807) is 18.2 Å². The molecule has 1 aliphatic heterocycles. The van der Waals surface area contributed by atoms with Crippen LogP contribution in [-0.2, 0) is 4.79 Å². The molecule has 5 nitrogen and oxygen atoms in total. The predicted octanol–water partition coefficient (Wildman–Crippen LogP) is 4.08. The van der Waals surface area contributed by atoms with E-state index in [1.165, 1.54) is 11.8 Å². The first-order chi connectivity index (χ1) is 12.2. The highest BCUT2D eigenvalue weighted by Crippen LogP contribution is 2.34. The molecule has 1 atom stereocenters. The molecule has 0 bridgehead atoms. The van der Waals surface area contributed by atoms with Crippen molar-refractivity contribution in [2.75, 3.05) is 12.1 Å². The molecular formula is C19H16N2O3S. The molecule has 126 valence electrons. The molecule has 6 heteroatoms. The molecule has 3 aromatic rings. The number of amides is 1. The van der Waals surface area contributed by atoms with Crippen molar-refractivity contribution in [2.24, 2.45) is 0 Å². The topological polar surface area (TPSA) is 60.5 Å². The fraction of sp³-hybridized carbons (Fsp3) is 0.158. The largest absolute Gasteiger partial charge is 0.454 e. The van der Waals surface area contributed by atoms with Gasteiger partial charge in [-0.2, -0.15) is 0 Å². The molecule has 0 unspecified atom stereocenters. The zero-order valence-electron chi connectivity index (χ0n) is 13.6. The molecule has 1 aliphatic rings. The van der Waals surface area contributed by atoms with Crippen LogP contribution < -0.4 is 14.8 Å². The van der Waals surface area contributed by atoms with Gasteiger partial charge in [0.2, 0.25) is 12.7 Å². The van der Waals surface area contributed by atoms with Crippen molar-refractivity contribution >= 4 is 34.3 Å². The first kappa shape index (κ1) is 15.8. The number of carbonyl (C=O) groups excluding carboxylic acids is 1. The number of fused-ring (bicyclic) bond motifs is 2. The molecule has 1 N–H and O–H groups in total. The summed E-state index contributed by atoms with van der Waals surface area (Å²) < 4.78 is 10.6. The standard InChI is InChI=1S/C19H16N2O3S/c1-12(25-18-9-6-13-4-2-3-5-15(13)21-18)19(22)20-14-7-8-16-17(10-14)24-11-23-16/h2-10,12H,11H2,1H3,(H,20,22)/t12-/m0/s1. The number of pyridine rings is 1. The number of hydrogen-bond acceptors (Lipinski definition) is 5. The van der Waals surface area contributed by atoms with Gasteiger partial charge in [0.15, 0.2) is 11.5 Å². The summed E-state index contributed by atoms with van der Waals surface area (Å²) in [5, 5.41) is 4.54. The summed E-state index contributed by atoms with van der Waals surface area (Å²) in [6.07, 6.45) is 0. The minimum Gasteiger partial charge on any atom is -0.454 e. The highest BCUT2D eigenvalue weighted by Gasteiger charge is 2.18. The van der Waals surface area contributed by atoms with Crippen LogP contribution in [0.25, 0.3) is 10.9 Å². The number of ether oxygens (including phenoxy) is 2. The molecule has 2 aromatic carbocycles. The zero-order chi connectivity index (χ0) is 17.2. The lowest BCUT2D eigenvalue weighted by molar-refractivity contribution is -0.115. The van der Waals surface area contributed by atoms with E-state index in [0.29, 0.717) is 17.2 Å². The van der Waals surface area contributed by atoms with Gasteiger partial charge in [-0.15, -0.1) is 0 Å². The quantitative estimate of drug-likeness (QED) is 0.717. The smallest absolute Gasteiger partial charge is 0.237 e. The van der Waals surface area contributed by atoms with Crippen LogP contribution in [0, 0.1) is 0 Å². The van der Waals surface area contributed by atoms with Crippen LogP contribution in [-0.4, -0.2) is 22.9 Å². The van der Waals surface area contributed by atoms with Gasteiger partial charge in [-0.3, -0.25) is 4.79 Å². The van der Waals surface area contributed by atoms with Gasteiger partial charge in [0.05, 0.1) is 15.8 Å². The Bertz CT molecular complexity index is 945. The number of rotatable bonds is 4. The molecule has 4 rings (SSSR count). The normalized spacial score (nSPS) is 13.6. The molecule has 25 heavy (non-hydrogen) atoms. The van der Waals surface area contributed by atoms with Crippen molar-refractivity contribution in [1.82, 2.24) is 4.98 Å². The van der Waals surface area contributed by atoms with Crippen LogP contribution >= 0.6 is 11.8 Å². The van der Waals surface area contributed by atoms with Gasteiger partial charge in [0.25, 0.3) is 0 Å². The number of benzene rings is 2. The maximum Gasteiger partial charge on any atom is 0.237 e. The monoisotopic (exact) mass is 352 g/mol. The third kappa shape index (κ3) is 3.39. The molecule has 1 amide bonds. The molecule has 2 heterocycles. The van der Waals surface area contributed by atoms with E-state index in [2.05, 4.69) is 10.3 Å². The minimum atomic E-state index is -0.279. The Hall–Kier alpha value is -2.73. The van der Waals surface area contributed by atoms with Crippen molar-refractivity contribution in [1.29, 1.82) is 0 Å². The lowest BCUT2D eigenvalue weighted by Gasteiger charge is -2.12. The number of carbonyl (C=O) groups is 1. The maximum absolute atomic E-state index is 12.4. The Morgan fingerprint density at radius 3 is 2.88 bits per heavy atom. The Morgan fingerprint density at radius 1 is 1.12 bits per heavy atom. The Balaban J connectivity index is 1.44. The van der Waals surface area contributed by atoms with Crippen molar-refractivity contribution in [3.05, 3.63) is 54.6 Å². The van der Waals surface area contributed by atoms with Crippen molar-refractivity contribution in [3.63, 3.8) is 0 Å². The lowest BCUT2D eigenvalue weighted by Crippen LogP contribution is -2.22. The fourth-order valence-corrected chi connectivity index (χ4v) is 3.39. The van der Waals surface area contributed by atoms with Crippen LogP contribution in [0.3, 0.4) is 0 Å². The third-order valence-corrected chi connectivity index (χ3v) is 4.92. The van der Waals surface area contributed by atoms with E-state index in [4.69, 9.17) is 9.47 Å². The van der Waals surface area contributed by atoms with Gasteiger partial charge in [-0.05, 0) is 31.2 Å². The van der Waals surface area contributed by atoms with Gasteiger partial charge in [0, 0.05) is 17.1 Å². The van der Waals surface area contributed by atoms with Gasteiger partial charge in [-0.1, -0.05) is 36.0 Å². The molecule has 0 aliphatic carbocycles. The highest BCUT2D eigenvalue weighted by molar-refractivity contribution is 8.00. The number of para-hydroxylation sites is 1. The first-order valence-electron chi connectivity index (χ1n) is 7.92. The lowest BCUT2D eigenvalue weighted by atomic mass is 10.2. The number of thioether (sulfide) groups is 1. The van der Waals surface area contributed by atoms with E-state index in [1.807, 2.05) is 43.3 Å². The minimum absolute atomic E-state index is 0.0844. The zero-order valence-corrected chi connectivity index (χ0v) is 14.4. The summed E-state index contributed by atoms with van der Waals surface area (Å²) in [6, 6.07) is 17.3. The summed E-state index contributed by atoms with van der Waals surface area (Å²) in [6.45, 7) is 2.08. The summed E-state index contributed by atoms with van der Waals surface area (Å²) in [4.78, 5) is 17.0. The van der Waals surface area contributed by atoms with E-state index in [0.717, 1.165) is 15.9 Å². The van der Waals surface area contributed by atoms with Crippen LogP contribution in [0.1, 0.15) is 6.92 Å². The second-order valence-electron chi connectivity index (χ2n) is 5.66. The molecule has 0 spiro atoms. The second kappa shape index (κ2) is 6.64. The molecule has 0 saturated heterocycles. The van der Waals surface area contributed by atoms with Crippen LogP contribution in [0.15, 0.2) is 59.6 Å². The summed E-state index contributed by atoms with van der Waals surface area (Å²) in [5.74, 6) is 1.26. The second-order valence-corrected chi connectivity index (χ2v) is 7.02. The number of nitrogens with one attached hydrogen (secondary N) is 1. The van der Waals surface area contributed by atoms with Gasteiger partial charge < -0.3 is 14.8 Å². The third-order valence-electron chi connectivity index (χ3n) is 3.88. The first-order valence-corrected chi connectivity index (χ1v) is 8.80. The number of hydrogen-bond donors (Lipinski definition) is 1. The molecule has 0 saturated carbocycles. The average Bonchev–Trinajstić information content (AvgIpc) is 3.09. The number of aromatic nitrogens is 1. The van der Waals surface area contributed by atoms with Gasteiger partial charge in [0.1, 0.15) is 0 Å². The summed E-state index contributed by atoms with van der Waals surface area (Å²) in [7, 11) is 0. The highest BCUT2D eigenvalue weighted by atomic mass is 32.2. The molecular weight excluding hydrogens is 336 g/mol. The van der Waals surface area contributed by atoms with E-state index < -0.39 is 0 Å². The number of anilines is 1. The van der Waals surface area contributed by atoms with Gasteiger partial charge >= 0.3 is 0 Å². The van der Waals surface area contributed by atoms with Crippen molar-refractivity contribution in [2.45, 2.75) is 17.2 Å². The molecule has 0 fully saturated rings. The van der Waals surface area contributed by atoms with Crippen molar-refractivity contribution < 1.29 is 14.3 Å². The van der Waals surface area contributed by atoms with Crippen LogP contribution in [0.4, 0.5) is 5.69 Å². The summed E-state index contributed by atoms with van der Waals surface area (Å²) >= 11 is 1.43. The summed E-state index contributed by atoms with van der Waals surface area (Å²) in [5.41, 5.74) is 1.61. The Kier molecular flexibility index (Phi) is 4.19. The predicted molar refractivity (Wildman–Crippen MR) is 98.3 cm³/mol. The maximum atomic E-state index is 12.4. The Morgan fingerprint density at radius 2 is 1.96 bits per heavy atom. The average molecular weight is 352 g/mol. The van der Waals surface area contributed by atoms with Gasteiger partial charge in [-0.25, -0.2) is 4.98 Å². The van der Waals surface area contributed by atoms with E-state index >= 15 is 0 Å². The van der Waals surface area contributed by atoms with Crippen LogP contribution in [0.2, 0.25) is 0 Å². The van der Waals surface area contributed by atoms with E-state index in [9.17, 15) is 4.79 Å². The molecule has 0 radical (unpaired) electrons. The molecule has 1 aromatic heterocycles. The fourth-order valence-electron chi connectivity index (χ4n) is 2.57. The SMILES string of the molecule is C[C@H](Sc1ccc2ccccc2n1)C(=O)Nc1ccc2c(c1)OCO2. The Labute approximate surface area is 149 Å². The van der Waals surface area contributed by atoms with Crippen molar-refractivity contribution in [3.8, 4) is 11.5 Å².